The first-order valence-corrected chi connectivity index (χ1v) is 6.72. The molecule has 3 aromatic heterocycles. The van der Waals surface area contributed by atoms with E-state index in [1.54, 1.807) is 10.7 Å². The number of fused-ring (bicyclic) bond motifs is 1. The van der Waals surface area contributed by atoms with Gasteiger partial charge in [-0.1, -0.05) is 36.4 Å². The van der Waals surface area contributed by atoms with Crippen molar-refractivity contribution < 1.29 is 0 Å². The Balaban J connectivity index is 1.85. The SMILES string of the molecule is c1ccc(-c2cnn3cc(-c4ccccn4)cnc23)cc1. The van der Waals surface area contributed by atoms with Crippen LogP contribution in [0.25, 0.3) is 28.0 Å². The van der Waals surface area contributed by atoms with Crippen LogP contribution in [0, 0.1) is 0 Å². The number of hydrogen-bond acceptors (Lipinski definition) is 3. The second kappa shape index (κ2) is 4.83. The average molecular weight is 272 g/mol. The van der Waals surface area contributed by atoms with E-state index in [2.05, 4.69) is 27.2 Å². The van der Waals surface area contributed by atoms with Gasteiger partial charge in [0.2, 0.25) is 0 Å². The van der Waals surface area contributed by atoms with Crippen molar-refractivity contribution >= 4 is 5.65 Å². The minimum atomic E-state index is 0.848. The van der Waals surface area contributed by atoms with Gasteiger partial charge in [-0.3, -0.25) is 4.98 Å². The van der Waals surface area contributed by atoms with E-state index in [0.717, 1.165) is 28.0 Å². The number of pyridine rings is 1. The minimum absolute atomic E-state index is 0.848. The van der Waals surface area contributed by atoms with Crippen molar-refractivity contribution in [2.45, 2.75) is 0 Å². The van der Waals surface area contributed by atoms with Gasteiger partial charge in [0, 0.05) is 29.7 Å². The highest BCUT2D eigenvalue weighted by Crippen LogP contribution is 2.24. The molecule has 0 N–H and O–H groups in total. The van der Waals surface area contributed by atoms with Crippen LogP contribution in [-0.4, -0.2) is 19.6 Å². The fraction of sp³-hybridized carbons (Fsp3) is 0. The van der Waals surface area contributed by atoms with E-state index in [0.29, 0.717) is 0 Å². The Hall–Kier alpha value is -3.01. The summed E-state index contributed by atoms with van der Waals surface area (Å²) in [4.78, 5) is 8.89. The van der Waals surface area contributed by atoms with Gasteiger partial charge in [0.25, 0.3) is 0 Å². The Morgan fingerprint density at radius 3 is 2.43 bits per heavy atom. The molecule has 0 amide bonds. The fourth-order valence-corrected chi connectivity index (χ4v) is 2.36. The average Bonchev–Trinajstić information content (AvgIpc) is 2.99. The number of nitrogens with zero attached hydrogens (tertiary/aromatic N) is 4. The first-order valence-electron chi connectivity index (χ1n) is 6.72. The molecule has 0 aliphatic heterocycles. The van der Waals surface area contributed by atoms with Crippen molar-refractivity contribution in [1.82, 2.24) is 19.6 Å². The van der Waals surface area contributed by atoms with E-state index in [-0.39, 0.29) is 0 Å². The molecular weight excluding hydrogens is 260 g/mol. The maximum Gasteiger partial charge on any atom is 0.162 e. The number of benzene rings is 1. The molecular formula is C17H12N4. The molecule has 0 aliphatic rings. The third kappa shape index (κ3) is 2.07. The lowest BCUT2D eigenvalue weighted by atomic mass is 10.1. The summed E-state index contributed by atoms with van der Waals surface area (Å²) in [5.74, 6) is 0. The molecule has 4 rings (SSSR count). The number of rotatable bonds is 2. The molecule has 4 aromatic rings. The van der Waals surface area contributed by atoms with Crippen LogP contribution in [-0.2, 0) is 0 Å². The van der Waals surface area contributed by atoms with Gasteiger partial charge in [-0.15, -0.1) is 0 Å². The molecule has 0 saturated carbocycles. The summed E-state index contributed by atoms with van der Waals surface area (Å²) >= 11 is 0. The molecule has 0 unspecified atom stereocenters. The molecule has 0 aliphatic carbocycles. The molecule has 0 bridgehead atoms. The zero-order valence-corrected chi connectivity index (χ0v) is 11.2. The smallest absolute Gasteiger partial charge is 0.162 e. The minimum Gasteiger partial charge on any atom is -0.256 e. The molecule has 0 saturated heterocycles. The topological polar surface area (TPSA) is 43.1 Å². The summed E-state index contributed by atoms with van der Waals surface area (Å²) < 4.78 is 1.80. The second-order valence-electron chi connectivity index (χ2n) is 4.75. The highest BCUT2D eigenvalue weighted by Gasteiger charge is 2.09. The molecule has 1 aromatic carbocycles. The highest BCUT2D eigenvalue weighted by atomic mass is 15.2. The quantitative estimate of drug-likeness (QED) is 0.561. The predicted molar refractivity (Wildman–Crippen MR) is 81.7 cm³/mol. The Labute approximate surface area is 121 Å². The molecule has 4 heteroatoms. The maximum atomic E-state index is 4.55. The van der Waals surface area contributed by atoms with Gasteiger partial charge in [0.15, 0.2) is 5.65 Å². The van der Waals surface area contributed by atoms with Crippen LogP contribution in [0.4, 0.5) is 0 Å². The summed E-state index contributed by atoms with van der Waals surface area (Å²) in [6.45, 7) is 0. The van der Waals surface area contributed by atoms with Gasteiger partial charge >= 0.3 is 0 Å². The normalized spacial score (nSPS) is 10.9. The van der Waals surface area contributed by atoms with E-state index < -0.39 is 0 Å². The summed E-state index contributed by atoms with van der Waals surface area (Å²) in [5, 5.41) is 4.41. The number of aromatic nitrogens is 4. The zero-order valence-electron chi connectivity index (χ0n) is 11.2. The lowest BCUT2D eigenvalue weighted by molar-refractivity contribution is 0.940. The van der Waals surface area contributed by atoms with E-state index in [1.165, 1.54) is 0 Å². The first-order chi connectivity index (χ1) is 10.4. The molecule has 0 radical (unpaired) electrons. The Bertz CT molecular complexity index is 882. The number of hydrogen-bond donors (Lipinski definition) is 0. The van der Waals surface area contributed by atoms with Gasteiger partial charge in [-0.05, 0) is 17.7 Å². The van der Waals surface area contributed by atoms with E-state index >= 15 is 0 Å². The molecule has 0 atom stereocenters. The molecule has 3 heterocycles. The summed E-state index contributed by atoms with van der Waals surface area (Å²) in [6.07, 6.45) is 7.42. The van der Waals surface area contributed by atoms with Crippen LogP contribution in [0.3, 0.4) is 0 Å². The lowest BCUT2D eigenvalue weighted by Crippen LogP contribution is -1.93. The molecule has 0 spiro atoms. The Morgan fingerprint density at radius 2 is 1.62 bits per heavy atom. The molecule has 21 heavy (non-hydrogen) atoms. The van der Waals surface area contributed by atoms with Gasteiger partial charge in [0.05, 0.1) is 11.9 Å². The maximum absolute atomic E-state index is 4.55. The Kier molecular flexibility index (Phi) is 2.71. The summed E-state index contributed by atoms with van der Waals surface area (Å²) in [6, 6.07) is 16.0. The summed E-state index contributed by atoms with van der Waals surface area (Å²) in [5.41, 5.74) is 4.84. The van der Waals surface area contributed by atoms with E-state index in [9.17, 15) is 0 Å². The van der Waals surface area contributed by atoms with Crippen LogP contribution in [0.1, 0.15) is 0 Å². The third-order valence-electron chi connectivity index (χ3n) is 3.40. The summed E-state index contributed by atoms with van der Waals surface area (Å²) in [7, 11) is 0. The van der Waals surface area contributed by atoms with Crippen molar-refractivity contribution in [2.75, 3.05) is 0 Å². The highest BCUT2D eigenvalue weighted by molar-refractivity contribution is 5.77. The van der Waals surface area contributed by atoms with Crippen molar-refractivity contribution in [2.24, 2.45) is 0 Å². The van der Waals surface area contributed by atoms with Crippen LogP contribution >= 0.6 is 0 Å². The van der Waals surface area contributed by atoms with Gasteiger partial charge in [0.1, 0.15) is 0 Å². The van der Waals surface area contributed by atoms with Crippen molar-refractivity contribution in [3.63, 3.8) is 0 Å². The monoisotopic (exact) mass is 272 g/mol. The van der Waals surface area contributed by atoms with Gasteiger partial charge < -0.3 is 0 Å². The third-order valence-corrected chi connectivity index (χ3v) is 3.40. The predicted octanol–water partition coefficient (Wildman–Crippen LogP) is 3.46. The zero-order chi connectivity index (χ0) is 14.1. The largest absolute Gasteiger partial charge is 0.256 e. The van der Waals surface area contributed by atoms with Crippen molar-refractivity contribution in [1.29, 1.82) is 0 Å². The van der Waals surface area contributed by atoms with Crippen LogP contribution in [0.2, 0.25) is 0 Å². The van der Waals surface area contributed by atoms with Crippen LogP contribution in [0.5, 0.6) is 0 Å². The molecule has 100 valence electrons. The second-order valence-corrected chi connectivity index (χ2v) is 4.75. The van der Waals surface area contributed by atoms with E-state index in [4.69, 9.17) is 0 Å². The van der Waals surface area contributed by atoms with Gasteiger partial charge in [-0.25, -0.2) is 9.50 Å². The fourth-order valence-electron chi connectivity index (χ4n) is 2.36. The Morgan fingerprint density at radius 1 is 0.762 bits per heavy atom. The van der Waals surface area contributed by atoms with Crippen LogP contribution < -0.4 is 0 Å². The molecule has 4 nitrogen and oxygen atoms in total. The lowest BCUT2D eigenvalue weighted by Gasteiger charge is -2.02. The van der Waals surface area contributed by atoms with E-state index in [1.807, 2.05) is 55.0 Å². The molecule has 0 fully saturated rings. The van der Waals surface area contributed by atoms with Crippen LogP contribution in [0.15, 0.2) is 73.3 Å². The first kappa shape index (κ1) is 11.8. The van der Waals surface area contributed by atoms with Crippen molar-refractivity contribution in [3.8, 4) is 22.4 Å². The standard InChI is InChI=1S/C17H12N4/c1-2-6-13(7-3-1)15-11-20-21-12-14(10-19-17(15)21)16-8-4-5-9-18-16/h1-12H. The van der Waals surface area contributed by atoms with Crippen molar-refractivity contribution in [3.05, 3.63) is 73.3 Å². The van der Waals surface area contributed by atoms with Gasteiger partial charge in [-0.2, -0.15) is 5.10 Å².